The third-order valence-electron chi connectivity index (χ3n) is 2.97. The second-order valence-electron chi connectivity index (χ2n) is 4.77. The summed E-state index contributed by atoms with van der Waals surface area (Å²) in [7, 11) is 3.76. The molecule has 0 spiro atoms. The average Bonchev–Trinajstić information content (AvgIpc) is 2.38. The van der Waals surface area contributed by atoms with Gasteiger partial charge in [0, 0.05) is 24.8 Å². The van der Waals surface area contributed by atoms with Crippen molar-refractivity contribution >= 4 is 5.69 Å². The molecule has 2 rings (SSSR count). The molecular formula is C16H20N2O. The van der Waals surface area contributed by atoms with E-state index in [0.29, 0.717) is 0 Å². The molecule has 2 aromatic carbocycles. The molecule has 0 unspecified atom stereocenters. The number of rotatable bonds is 5. The van der Waals surface area contributed by atoms with Gasteiger partial charge in [-0.25, -0.2) is 0 Å². The zero-order valence-corrected chi connectivity index (χ0v) is 11.5. The van der Waals surface area contributed by atoms with Crippen LogP contribution in [-0.4, -0.2) is 19.1 Å². The molecule has 0 saturated heterocycles. The highest BCUT2D eigenvalue weighted by molar-refractivity contribution is 5.47. The zero-order valence-electron chi connectivity index (χ0n) is 11.5. The molecule has 19 heavy (non-hydrogen) atoms. The van der Waals surface area contributed by atoms with Gasteiger partial charge < -0.3 is 10.5 Å². The molecule has 0 aliphatic heterocycles. The summed E-state index contributed by atoms with van der Waals surface area (Å²) in [5, 5.41) is 0. The number of hydrogen-bond donors (Lipinski definition) is 1. The van der Waals surface area contributed by atoms with Crippen LogP contribution >= 0.6 is 0 Å². The molecule has 2 N–H and O–H groups in total. The van der Waals surface area contributed by atoms with E-state index in [-0.39, 0.29) is 0 Å². The summed E-state index contributed by atoms with van der Waals surface area (Å²) in [6.45, 7) is 1.76. The van der Waals surface area contributed by atoms with Crippen molar-refractivity contribution in [1.29, 1.82) is 0 Å². The molecule has 0 aliphatic carbocycles. The minimum absolute atomic E-state index is 0.738. The van der Waals surface area contributed by atoms with Gasteiger partial charge in [-0.05, 0) is 30.3 Å². The van der Waals surface area contributed by atoms with Gasteiger partial charge in [0.25, 0.3) is 0 Å². The fourth-order valence-electron chi connectivity index (χ4n) is 2.16. The van der Waals surface area contributed by atoms with Crippen LogP contribution in [0.15, 0.2) is 48.5 Å². The van der Waals surface area contributed by atoms with Crippen molar-refractivity contribution < 1.29 is 4.74 Å². The fourth-order valence-corrected chi connectivity index (χ4v) is 2.16. The highest BCUT2D eigenvalue weighted by Crippen LogP contribution is 2.19. The number of methoxy groups -OCH3 is 1. The number of anilines is 1. The Morgan fingerprint density at radius 3 is 2.37 bits per heavy atom. The van der Waals surface area contributed by atoms with Gasteiger partial charge in [-0.15, -0.1) is 0 Å². The number of hydrogen-bond acceptors (Lipinski definition) is 3. The normalized spacial score (nSPS) is 10.7. The van der Waals surface area contributed by atoms with Gasteiger partial charge in [-0.1, -0.05) is 30.3 Å². The molecular weight excluding hydrogens is 236 g/mol. The van der Waals surface area contributed by atoms with Crippen LogP contribution in [0.1, 0.15) is 11.1 Å². The molecule has 0 aliphatic rings. The Kier molecular flexibility index (Phi) is 4.42. The van der Waals surface area contributed by atoms with E-state index in [2.05, 4.69) is 36.2 Å². The van der Waals surface area contributed by atoms with Crippen molar-refractivity contribution in [2.45, 2.75) is 13.1 Å². The molecule has 3 heteroatoms. The highest BCUT2D eigenvalue weighted by Gasteiger charge is 2.04. The molecule has 0 fully saturated rings. The van der Waals surface area contributed by atoms with Gasteiger partial charge in [0.2, 0.25) is 0 Å². The maximum atomic E-state index is 5.86. The zero-order chi connectivity index (χ0) is 13.7. The van der Waals surface area contributed by atoms with Crippen molar-refractivity contribution in [3.63, 3.8) is 0 Å². The standard InChI is InChI=1S/C16H20N2O/c1-18(11-13-6-4-3-5-7-13)12-14-8-15(17)10-16(9-14)19-2/h3-10H,11-12,17H2,1-2H3. The predicted octanol–water partition coefficient (Wildman–Crippen LogP) is 2.91. The van der Waals surface area contributed by atoms with E-state index in [4.69, 9.17) is 10.5 Å². The summed E-state index contributed by atoms with van der Waals surface area (Å²) in [5.41, 5.74) is 9.07. The van der Waals surface area contributed by atoms with Gasteiger partial charge in [0.1, 0.15) is 5.75 Å². The molecule has 0 amide bonds. The van der Waals surface area contributed by atoms with Crippen LogP contribution in [0, 0.1) is 0 Å². The Morgan fingerprint density at radius 1 is 1.00 bits per heavy atom. The largest absolute Gasteiger partial charge is 0.497 e. The third-order valence-corrected chi connectivity index (χ3v) is 2.97. The van der Waals surface area contributed by atoms with E-state index >= 15 is 0 Å². The fraction of sp³-hybridized carbons (Fsp3) is 0.250. The van der Waals surface area contributed by atoms with Crippen molar-refractivity contribution in [3.05, 3.63) is 59.7 Å². The van der Waals surface area contributed by atoms with Crippen LogP contribution < -0.4 is 10.5 Å². The smallest absolute Gasteiger partial charge is 0.121 e. The van der Waals surface area contributed by atoms with Gasteiger partial charge in [0.05, 0.1) is 7.11 Å². The monoisotopic (exact) mass is 256 g/mol. The van der Waals surface area contributed by atoms with E-state index in [0.717, 1.165) is 30.1 Å². The van der Waals surface area contributed by atoms with E-state index in [1.165, 1.54) is 5.56 Å². The third kappa shape index (κ3) is 4.00. The van der Waals surface area contributed by atoms with Gasteiger partial charge in [-0.3, -0.25) is 4.90 Å². The van der Waals surface area contributed by atoms with Crippen LogP contribution in [0.2, 0.25) is 0 Å². The first-order chi connectivity index (χ1) is 9.17. The Bertz CT molecular complexity index is 526. The second-order valence-corrected chi connectivity index (χ2v) is 4.77. The second kappa shape index (κ2) is 6.25. The lowest BCUT2D eigenvalue weighted by molar-refractivity contribution is 0.318. The molecule has 0 atom stereocenters. The lowest BCUT2D eigenvalue weighted by Gasteiger charge is -2.17. The first-order valence-corrected chi connectivity index (χ1v) is 6.33. The summed E-state index contributed by atoms with van der Waals surface area (Å²) in [5.74, 6) is 0.808. The maximum Gasteiger partial charge on any atom is 0.121 e. The lowest BCUT2D eigenvalue weighted by Crippen LogP contribution is -2.17. The summed E-state index contributed by atoms with van der Waals surface area (Å²) in [6.07, 6.45) is 0. The molecule has 0 heterocycles. The Morgan fingerprint density at radius 2 is 1.68 bits per heavy atom. The molecule has 2 aromatic rings. The van der Waals surface area contributed by atoms with Gasteiger partial charge in [0.15, 0.2) is 0 Å². The van der Waals surface area contributed by atoms with Crippen LogP contribution in [0.25, 0.3) is 0 Å². The molecule has 0 aromatic heterocycles. The van der Waals surface area contributed by atoms with Crippen molar-refractivity contribution in [2.75, 3.05) is 19.9 Å². The van der Waals surface area contributed by atoms with Crippen molar-refractivity contribution in [2.24, 2.45) is 0 Å². The van der Waals surface area contributed by atoms with Gasteiger partial charge >= 0.3 is 0 Å². The Balaban J connectivity index is 2.02. The number of nitrogens with two attached hydrogens (primary N) is 1. The van der Waals surface area contributed by atoms with Crippen LogP contribution in [-0.2, 0) is 13.1 Å². The number of nitrogens with zero attached hydrogens (tertiary/aromatic N) is 1. The topological polar surface area (TPSA) is 38.5 Å². The molecule has 0 radical (unpaired) electrons. The van der Waals surface area contributed by atoms with Crippen molar-refractivity contribution in [3.8, 4) is 5.75 Å². The van der Waals surface area contributed by atoms with E-state index in [1.54, 1.807) is 7.11 Å². The SMILES string of the molecule is COc1cc(N)cc(CN(C)Cc2ccccc2)c1. The average molecular weight is 256 g/mol. The Labute approximate surface area is 114 Å². The van der Waals surface area contributed by atoms with Crippen LogP contribution in [0.3, 0.4) is 0 Å². The Hall–Kier alpha value is -2.00. The maximum absolute atomic E-state index is 5.86. The van der Waals surface area contributed by atoms with E-state index in [1.807, 2.05) is 24.3 Å². The molecule has 100 valence electrons. The van der Waals surface area contributed by atoms with Crippen molar-refractivity contribution in [1.82, 2.24) is 4.90 Å². The predicted molar refractivity (Wildman–Crippen MR) is 79.0 cm³/mol. The molecule has 0 saturated carbocycles. The number of nitrogen functional groups attached to an aromatic ring is 1. The van der Waals surface area contributed by atoms with Gasteiger partial charge in [-0.2, -0.15) is 0 Å². The summed E-state index contributed by atoms with van der Waals surface area (Å²) in [6, 6.07) is 16.3. The summed E-state index contributed by atoms with van der Waals surface area (Å²) >= 11 is 0. The summed E-state index contributed by atoms with van der Waals surface area (Å²) in [4.78, 5) is 2.25. The summed E-state index contributed by atoms with van der Waals surface area (Å²) < 4.78 is 5.24. The van der Waals surface area contributed by atoms with E-state index in [9.17, 15) is 0 Å². The van der Waals surface area contributed by atoms with Crippen LogP contribution in [0.5, 0.6) is 5.75 Å². The first-order valence-electron chi connectivity index (χ1n) is 6.33. The minimum atomic E-state index is 0.738. The minimum Gasteiger partial charge on any atom is -0.497 e. The van der Waals surface area contributed by atoms with E-state index < -0.39 is 0 Å². The van der Waals surface area contributed by atoms with Crippen LogP contribution in [0.4, 0.5) is 5.69 Å². The first kappa shape index (κ1) is 13.4. The number of ether oxygens (including phenoxy) is 1. The molecule has 0 bridgehead atoms. The highest BCUT2D eigenvalue weighted by atomic mass is 16.5. The number of benzene rings is 2. The molecule has 3 nitrogen and oxygen atoms in total. The lowest BCUT2D eigenvalue weighted by atomic mass is 10.1. The quantitative estimate of drug-likeness (QED) is 0.836.